The van der Waals surface area contributed by atoms with Gasteiger partial charge in [0.15, 0.2) is 9.84 Å². The molecule has 1 fully saturated rings. The minimum Gasteiger partial charge on any atom is -0.478 e. The summed E-state index contributed by atoms with van der Waals surface area (Å²) >= 11 is 0. The summed E-state index contributed by atoms with van der Waals surface area (Å²) in [5, 5.41) is 8.96. The summed E-state index contributed by atoms with van der Waals surface area (Å²) in [6, 6.07) is 9.69. The van der Waals surface area contributed by atoms with Gasteiger partial charge in [-0.25, -0.2) is 13.2 Å². The molecular weight excluding hydrogens is 356 g/mol. The van der Waals surface area contributed by atoms with Gasteiger partial charge >= 0.3 is 5.97 Å². The number of aromatic nitrogens is 1. The summed E-state index contributed by atoms with van der Waals surface area (Å²) < 4.78 is 24.5. The van der Waals surface area contributed by atoms with Gasteiger partial charge in [-0.15, -0.1) is 0 Å². The molecule has 1 aromatic carbocycles. The van der Waals surface area contributed by atoms with E-state index in [9.17, 15) is 18.0 Å². The minimum absolute atomic E-state index is 0.153. The molecular formula is C18H20N2O5S. The highest BCUT2D eigenvalue weighted by Gasteiger charge is 2.21. The summed E-state index contributed by atoms with van der Waals surface area (Å²) in [6.07, 6.45) is 1.71. The third-order valence-corrected chi connectivity index (χ3v) is 6.17. The van der Waals surface area contributed by atoms with Crippen LogP contribution in [0.25, 0.3) is 11.1 Å². The van der Waals surface area contributed by atoms with Crippen LogP contribution in [-0.4, -0.2) is 60.1 Å². The predicted molar refractivity (Wildman–Crippen MR) is 98.2 cm³/mol. The second-order valence-corrected chi connectivity index (χ2v) is 8.60. The maximum atomic E-state index is 12.7. The van der Waals surface area contributed by atoms with Crippen molar-refractivity contribution in [1.29, 1.82) is 0 Å². The Hall–Kier alpha value is -2.45. The van der Waals surface area contributed by atoms with Crippen molar-refractivity contribution in [2.45, 2.75) is 6.54 Å². The number of carbonyl (C=O) groups is 1. The second kappa shape index (κ2) is 7.43. The lowest BCUT2D eigenvalue weighted by atomic mass is 10.1. The average Bonchev–Trinajstić information content (AvgIpc) is 2.62. The molecule has 138 valence electrons. The predicted octanol–water partition coefficient (Wildman–Crippen LogP) is 0.944. The molecule has 2 heterocycles. The van der Waals surface area contributed by atoms with Crippen LogP contribution in [0.3, 0.4) is 0 Å². The van der Waals surface area contributed by atoms with Crippen LogP contribution in [0.2, 0.25) is 0 Å². The number of aromatic carboxylic acids is 1. The van der Waals surface area contributed by atoms with Gasteiger partial charge < -0.3 is 9.67 Å². The fourth-order valence-electron chi connectivity index (χ4n) is 2.95. The van der Waals surface area contributed by atoms with Gasteiger partial charge in [-0.1, -0.05) is 12.1 Å². The lowest BCUT2D eigenvalue weighted by molar-refractivity contribution is 0.0697. The van der Waals surface area contributed by atoms with E-state index >= 15 is 0 Å². The third-order valence-electron chi connectivity index (χ3n) is 4.56. The minimum atomic E-state index is -2.91. The van der Waals surface area contributed by atoms with Crippen LogP contribution in [0.1, 0.15) is 10.4 Å². The van der Waals surface area contributed by atoms with Gasteiger partial charge in [-0.3, -0.25) is 9.69 Å². The summed E-state index contributed by atoms with van der Waals surface area (Å²) in [6.45, 7) is 2.07. The first-order valence-electron chi connectivity index (χ1n) is 8.32. The summed E-state index contributed by atoms with van der Waals surface area (Å²) in [5.41, 5.74) is 1.19. The largest absolute Gasteiger partial charge is 0.478 e. The smallest absolute Gasteiger partial charge is 0.335 e. The van der Waals surface area contributed by atoms with Crippen molar-refractivity contribution < 1.29 is 18.3 Å². The quantitative estimate of drug-likeness (QED) is 0.834. The molecule has 8 heteroatoms. The van der Waals surface area contributed by atoms with Crippen LogP contribution >= 0.6 is 0 Å². The molecule has 1 N–H and O–H groups in total. The molecule has 0 saturated carbocycles. The number of nitrogens with zero attached hydrogens (tertiary/aromatic N) is 2. The fraction of sp³-hybridized carbons (Fsp3) is 0.333. The van der Waals surface area contributed by atoms with E-state index in [-0.39, 0.29) is 22.6 Å². The van der Waals surface area contributed by atoms with Crippen LogP contribution in [-0.2, 0) is 16.4 Å². The van der Waals surface area contributed by atoms with Crippen molar-refractivity contribution in [1.82, 2.24) is 9.47 Å². The Kier molecular flexibility index (Phi) is 5.24. The Balaban J connectivity index is 1.73. The maximum absolute atomic E-state index is 12.7. The second-order valence-electron chi connectivity index (χ2n) is 6.30. The number of rotatable bonds is 5. The molecule has 0 unspecified atom stereocenters. The molecule has 0 spiro atoms. The number of benzene rings is 1. The van der Waals surface area contributed by atoms with Crippen LogP contribution < -0.4 is 5.56 Å². The van der Waals surface area contributed by atoms with Crippen molar-refractivity contribution in [3.05, 3.63) is 58.5 Å². The van der Waals surface area contributed by atoms with Crippen LogP contribution in [0.5, 0.6) is 0 Å². The molecule has 0 amide bonds. The van der Waals surface area contributed by atoms with E-state index in [0.29, 0.717) is 37.3 Å². The van der Waals surface area contributed by atoms with E-state index in [4.69, 9.17) is 5.11 Å². The van der Waals surface area contributed by atoms with Gasteiger partial charge in [0.2, 0.25) is 0 Å². The number of sulfone groups is 1. The molecule has 1 aromatic heterocycles. The van der Waals surface area contributed by atoms with Gasteiger partial charge in [-0.2, -0.15) is 0 Å². The molecule has 0 aliphatic carbocycles. The average molecular weight is 376 g/mol. The van der Waals surface area contributed by atoms with Crippen molar-refractivity contribution >= 4 is 15.8 Å². The van der Waals surface area contributed by atoms with Crippen LogP contribution in [0.15, 0.2) is 47.4 Å². The Morgan fingerprint density at radius 2 is 1.69 bits per heavy atom. The summed E-state index contributed by atoms with van der Waals surface area (Å²) in [5.74, 6) is -0.680. The molecule has 3 rings (SSSR count). The van der Waals surface area contributed by atoms with Crippen LogP contribution in [0, 0.1) is 0 Å². The molecule has 0 bridgehead atoms. The number of pyridine rings is 1. The number of carboxylic acid groups (broad SMARTS) is 1. The van der Waals surface area contributed by atoms with Crippen LogP contribution in [0.4, 0.5) is 0 Å². The van der Waals surface area contributed by atoms with Gasteiger partial charge in [-0.05, 0) is 29.8 Å². The fourth-order valence-corrected chi connectivity index (χ4v) is 4.22. The molecule has 1 aliphatic heterocycles. The molecule has 1 saturated heterocycles. The molecule has 7 nitrogen and oxygen atoms in total. The van der Waals surface area contributed by atoms with E-state index < -0.39 is 15.8 Å². The SMILES string of the molecule is O=C(O)c1ccc(-c2cccn(CCN3CCS(=O)(=O)CC3)c2=O)cc1. The van der Waals surface area contributed by atoms with E-state index in [1.54, 1.807) is 35.0 Å². The summed E-state index contributed by atoms with van der Waals surface area (Å²) in [4.78, 5) is 25.7. The van der Waals surface area contributed by atoms with Crippen molar-refractivity contribution in [3.8, 4) is 11.1 Å². The van der Waals surface area contributed by atoms with E-state index in [1.807, 2.05) is 4.90 Å². The Morgan fingerprint density at radius 1 is 1.04 bits per heavy atom. The first-order valence-corrected chi connectivity index (χ1v) is 10.1. The molecule has 1 aliphatic rings. The monoisotopic (exact) mass is 376 g/mol. The van der Waals surface area contributed by atoms with Gasteiger partial charge in [0.1, 0.15) is 0 Å². The van der Waals surface area contributed by atoms with Crippen molar-refractivity contribution in [2.75, 3.05) is 31.1 Å². The molecule has 0 radical (unpaired) electrons. The first-order chi connectivity index (χ1) is 12.4. The highest BCUT2D eigenvalue weighted by atomic mass is 32.2. The number of hydrogen-bond acceptors (Lipinski definition) is 5. The lowest BCUT2D eigenvalue weighted by Gasteiger charge is -2.26. The highest BCUT2D eigenvalue weighted by Crippen LogP contribution is 2.16. The highest BCUT2D eigenvalue weighted by molar-refractivity contribution is 7.91. The van der Waals surface area contributed by atoms with Gasteiger partial charge in [0, 0.05) is 37.9 Å². The topological polar surface area (TPSA) is 96.7 Å². The molecule has 26 heavy (non-hydrogen) atoms. The van der Waals surface area contributed by atoms with Crippen molar-refractivity contribution in [2.24, 2.45) is 0 Å². The zero-order chi connectivity index (χ0) is 18.7. The number of hydrogen-bond donors (Lipinski definition) is 1. The van der Waals surface area contributed by atoms with E-state index in [0.717, 1.165) is 0 Å². The van der Waals surface area contributed by atoms with Crippen molar-refractivity contribution in [3.63, 3.8) is 0 Å². The maximum Gasteiger partial charge on any atom is 0.335 e. The lowest BCUT2D eigenvalue weighted by Crippen LogP contribution is -2.42. The number of carboxylic acids is 1. The molecule has 2 aromatic rings. The van der Waals surface area contributed by atoms with Gasteiger partial charge in [0.05, 0.1) is 17.1 Å². The first kappa shape index (κ1) is 18.3. The Morgan fingerprint density at radius 3 is 2.31 bits per heavy atom. The van der Waals surface area contributed by atoms with E-state index in [1.165, 1.54) is 12.1 Å². The van der Waals surface area contributed by atoms with Gasteiger partial charge in [0.25, 0.3) is 5.56 Å². The standard InChI is InChI=1S/C18H20N2O5S/c21-17-16(14-3-5-15(6-4-14)18(22)23)2-1-7-20(17)9-8-19-10-12-26(24,25)13-11-19/h1-7H,8-13H2,(H,22,23). The third kappa shape index (κ3) is 4.20. The molecule has 0 atom stereocenters. The zero-order valence-corrected chi connectivity index (χ0v) is 15.0. The summed E-state index contributed by atoms with van der Waals surface area (Å²) in [7, 11) is -2.91. The Labute approximate surface area is 151 Å². The Bertz CT molecular complexity index is 950. The van der Waals surface area contributed by atoms with E-state index in [2.05, 4.69) is 0 Å². The normalized spacial score (nSPS) is 17.1. The zero-order valence-electron chi connectivity index (χ0n) is 14.2.